The zero-order chi connectivity index (χ0) is 14.2. The van der Waals surface area contributed by atoms with Gasteiger partial charge in [0.05, 0.1) is 5.02 Å². The van der Waals surface area contributed by atoms with Crippen LogP contribution in [0.3, 0.4) is 0 Å². The first-order valence-corrected chi connectivity index (χ1v) is 7.37. The van der Waals surface area contributed by atoms with Crippen molar-refractivity contribution in [3.05, 3.63) is 28.2 Å². The number of phosphoric ester groups is 1. The van der Waals surface area contributed by atoms with Crippen LogP contribution in [-0.2, 0) is 9.30 Å². The fraction of sp³-hybridized carbons (Fsp3) is 0.400. The molecule has 0 amide bonds. The Labute approximate surface area is 116 Å². The van der Waals surface area contributed by atoms with E-state index in [1.807, 2.05) is 13.8 Å². The highest BCUT2D eigenvalue weighted by atomic mass is 35.5. The lowest BCUT2D eigenvalue weighted by molar-refractivity contribution is 0.162. The molecule has 1 aromatic rings. The molecule has 1 aromatic carbocycles. The number of rotatable bonds is 4. The molecule has 0 saturated carbocycles. The van der Waals surface area contributed by atoms with E-state index in [1.54, 1.807) is 0 Å². The van der Waals surface area contributed by atoms with Crippen molar-refractivity contribution in [3.8, 4) is 5.75 Å². The van der Waals surface area contributed by atoms with Crippen LogP contribution in [0.4, 0.5) is 0 Å². The zero-order valence-electron chi connectivity index (χ0n) is 9.97. The number of hydrogen-bond donors (Lipinski definition) is 2. The Kier molecular flexibility index (Phi) is 8.61. The monoisotopic (exact) mass is 316 g/mol. The molecule has 0 atom stereocenters. The largest absolute Gasteiger partial charge is 0.524 e. The molecular formula is C10H15Cl2O5P. The van der Waals surface area contributed by atoms with E-state index in [-0.39, 0.29) is 15.8 Å². The van der Waals surface area contributed by atoms with Gasteiger partial charge in [-0.3, -0.25) is 9.79 Å². The minimum Gasteiger partial charge on any atom is -0.403 e. The molecule has 0 aliphatic rings. The summed E-state index contributed by atoms with van der Waals surface area (Å²) in [6.45, 7) is 5.67. The maximum absolute atomic E-state index is 10.4. The van der Waals surface area contributed by atoms with Crippen LogP contribution >= 0.6 is 31.0 Å². The number of hydrogen-bond acceptors (Lipinski definition) is 3. The lowest BCUT2D eigenvalue weighted by Crippen LogP contribution is -1.90. The van der Waals surface area contributed by atoms with E-state index < -0.39 is 7.82 Å². The minimum absolute atomic E-state index is 0.0208. The molecule has 0 aromatic heterocycles. The van der Waals surface area contributed by atoms with Gasteiger partial charge < -0.3 is 9.26 Å². The first kappa shape index (κ1) is 17.7. The zero-order valence-corrected chi connectivity index (χ0v) is 12.4. The summed E-state index contributed by atoms with van der Waals surface area (Å²) in [7, 11) is -4.58. The fourth-order valence-electron chi connectivity index (χ4n) is 0.887. The second kappa shape index (κ2) is 8.75. The number of ether oxygens (including phenoxy) is 1. The second-order valence-corrected chi connectivity index (χ2v) is 4.86. The molecule has 1 rings (SSSR count). The third-order valence-corrected chi connectivity index (χ3v) is 2.78. The first-order valence-electron chi connectivity index (χ1n) is 5.08. The smallest absolute Gasteiger partial charge is 0.403 e. The molecule has 0 saturated heterocycles. The van der Waals surface area contributed by atoms with Crippen molar-refractivity contribution in [2.45, 2.75) is 13.8 Å². The number of halogens is 2. The van der Waals surface area contributed by atoms with Crippen LogP contribution in [0.15, 0.2) is 18.2 Å². The maximum atomic E-state index is 10.4. The van der Waals surface area contributed by atoms with E-state index in [4.69, 9.17) is 37.7 Å². The second-order valence-electron chi connectivity index (χ2n) is 2.92. The molecule has 0 bridgehead atoms. The molecule has 8 heteroatoms. The van der Waals surface area contributed by atoms with Gasteiger partial charge >= 0.3 is 7.82 Å². The van der Waals surface area contributed by atoms with Gasteiger partial charge in [-0.25, -0.2) is 4.57 Å². The lowest BCUT2D eigenvalue weighted by atomic mass is 10.3. The van der Waals surface area contributed by atoms with E-state index in [0.717, 1.165) is 13.2 Å². The predicted octanol–water partition coefficient (Wildman–Crippen LogP) is 3.51. The molecule has 0 radical (unpaired) electrons. The summed E-state index contributed by atoms with van der Waals surface area (Å²) in [6, 6.07) is 4.27. The van der Waals surface area contributed by atoms with Crippen molar-refractivity contribution in [2.24, 2.45) is 0 Å². The van der Waals surface area contributed by atoms with Gasteiger partial charge in [-0.2, -0.15) is 0 Å². The molecule has 5 nitrogen and oxygen atoms in total. The lowest BCUT2D eigenvalue weighted by Gasteiger charge is -2.08. The Morgan fingerprint density at radius 1 is 1.22 bits per heavy atom. The topological polar surface area (TPSA) is 76.0 Å². The van der Waals surface area contributed by atoms with Gasteiger partial charge in [0, 0.05) is 13.2 Å². The van der Waals surface area contributed by atoms with Gasteiger partial charge in [0.1, 0.15) is 5.02 Å². The Bertz CT molecular complexity index is 405. The van der Waals surface area contributed by atoms with Gasteiger partial charge in [-0.05, 0) is 26.0 Å². The molecule has 0 fully saturated rings. The third kappa shape index (κ3) is 7.93. The quantitative estimate of drug-likeness (QED) is 0.831. The molecule has 0 spiro atoms. The van der Waals surface area contributed by atoms with Gasteiger partial charge in [-0.15, -0.1) is 0 Å². The molecule has 0 aliphatic heterocycles. The van der Waals surface area contributed by atoms with Crippen molar-refractivity contribution in [1.29, 1.82) is 0 Å². The standard InChI is InChI=1S/C6H5Cl2O4P.C4H10O/c7-4-2-1-3-5(6(4)8)12-13(9,10)11;1-3-5-4-2/h1-3H,(H2,9,10,11);3-4H2,1-2H3. The van der Waals surface area contributed by atoms with Gasteiger partial charge in [-0.1, -0.05) is 29.3 Å². The average Bonchev–Trinajstić information content (AvgIpc) is 2.25. The summed E-state index contributed by atoms with van der Waals surface area (Å²) < 4.78 is 19.5. The van der Waals surface area contributed by atoms with Crippen LogP contribution < -0.4 is 4.52 Å². The number of phosphoric acid groups is 1. The minimum atomic E-state index is -4.58. The van der Waals surface area contributed by atoms with Crippen LogP contribution in [-0.4, -0.2) is 23.0 Å². The van der Waals surface area contributed by atoms with Crippen molar-refractivity contribution in [2.75, 3.05) is 13.2 Å². The molecule has 2 N–H and O–H groups in total. The van der Waals surface area contributed by atoms with Crippen LogP contribution in [0.2, 0.25) is 10.0 Å². The maximum Gasteiger partial charge on any atom is 0.524 e. The average molecular weight is 317 g/mol. The first-order chi connectivity index (χ1) is 8.31. The van der Waals surface area contributed by atoms with E-state index in [0.29, 0.717) is 0 Å². The molecule has 18 heavy (non-hydrogen) atoms. The Morgan fingerprint density at radius 2 is 1.78 bits per heavy atom. The molecular weight excluding hydrogens is 302 g/mol. The van der Waals surface area contributed by atoms with Crippen molar-refractivity contribution >= 4 is 31.0 Å². The normalized spacial score (nSPS) is 10.6. The summed E-state index contributed by atoms with van der Waals surface area (Å²) in [6.07, 6.45) is 0. The van der Waals surface area contributed by atoms with Crippen LogP contribution in [0.25, 0.3) is 0 Å². The van der Waals surface area contributed by atoms with E-state index in [2.05, 4.69) is 4.52 Å². The van der Waals surface area contributed by atoms with Crippen molar-refractivity contribution < 1.29 is 23.6 Å². The van der Waals surface area contributed by atoms with E-state index >= 15 is 0 Å². The van der Waals surface area contributed by atoms with E-state index in [1.165, 1.54) is 18.2 Å². The summed E-state index contributed by atoms with van der Waals surface area (Å²) in [4.78, 5) is 16.9. The summed E-state index contributed by atoms with van der Waals surface area (Å²) >= 11 is 11.2. The molecule has 104 valence electrons. The Morgan fingerprint density at radius 3 is 2.17 bits per heavy atom. The molecule has 0 heterocycles. The third-order valence-electron chi connectivity index (χ3n) is 1.54. The highest BCUT2D eigenvalue weighted by Gasteiger charge is 2.18. The van der Waals surface area contributed by atoms with Crippen molar-refractivity contribution in [1.82, 2.24) is 0 Å². The number of benzene rings is 1. The van der Waals surface area contributed by atoms with Gasteiger partial charge in [0.25, 0.3) is 0 Å². The van der Waals surface area contributed by atoms with Gasteiger partial charge in [0.15, 0.2) is 5.75 Å². The summed E-state index contributed by atoms with van der Waals surface area (Å²) in [5.74, 6) is -0.137. The Hall–Kier alpha value is -0.290. The Balaban J connectivity index is 0.000000494. The van der Waals surface area contributed by atoms with Crippen LogP contribution in [0.5, 0.6) is 5.75 Å². The molecule has 0 unspecified atom stereocenters. The highest BCUT2D eigenvalue weighted by Crippen LogP contribution is 2.42. The predicted molar refractivity (Wildman–Crippen MR) is 71.3 cm³/mol. The fourth-order valence-corrected chi connectivity index (χ4v) is 1.68. The highest BCUT2D eigenvalue weighted by molar-refractivity contribution is 7.46. The van der Waals surface area contributed by atoms with Crippen LogP contribution in [0, 0.1) is 0 Å². The van der Waals surface area contributed by atoms with Crippen LogP contribution in [0.1, 0.15) is 13.8 Å². The summed E-state index contributed by atoms with van der Waals surface area (Å²) in [5, 5.41) is 0.153. The molecule has 0 aliphatic carbocycles. The van der Waals surface area contributed by atoms with Gasteiger partial charge in [0.2, 0.25) is 0 Å². The van der Waals surface area contributed by atoms with E-state index in [9.17, 15) is 4.57 Å². The summed E-state index contributed by atoms with van der Waals surface area (Å²) in [5.41, 5.74) is 0. The SMILES string of the molecule is CCOCC.O=P(O)(O)Oc1cccc(Cl)c1Cl. The van der Waals surface area contributed by atoms with Crippen molar-refractivity contribution in [3.63, 3.8) is 0 Å².